The average molecular weight is 174 g/mol. The first-order chi connectivity index (χ1) is 5.33. The highest BCUT2D eigenvalue weighted by molar-refractivity contribution is 5.98. The van der Waals surface area contributed by atoms with Crippen LogP contribution in [0.2, 0.25) is 0 Å². The lowest BCUT2D eigenvalue weighted by molar-refractivity contribution is 0.225. The lowest BCUT2D eigenvalue weighted by atomic mass is 10.1. The van der Waals surface area contributed by atoms with E-state index in [0.717, 1.165) is 17.1 Å². The molecule has 0 spiro atoms. The first kappa shape index (κ1) is 9.23. The van der Waals surface area contributed by atoms with Gasteiger partial charge >= 0.3 is 0 Å². The van der Waals surface area contributed by atoms with Crippen LogP contribution in [0.5, 0.6) is 0 Å². The van der Waals surface area contributed by atoms with Crippen LogP contribution in [-0.2, 0) is 9.16 Å². The molecule has 0 amide bonds. The molecule has 0 aromatic carbocycles. The van der Waals surface area contributed by atoms with Crippen molar-refractivity contribution in [2.75, 3.05) is 6.61 Å². The standard InChI is InChI=1S/C8H18O2Si/c1-7(10-11)4-2-3-5-8-6-9-8/h7-8H,2-6H2,1,11H3. The van der Waals surface area contributed by atoms with Gasteiger partial charge in [0.2, 0.25) is 0 Å². The van der Waals surface area contributed by atoms with Gasteiger partial charge in [0.1, 0.15) is 10.5 Å². The van der Waals surface area contributed by atoms with Crippen LogP contribution in [0.3, 0.4) is 0 Å². The third kappa shape index (κ3) is 4.56. The van der Waals surface area contributed by atoms with Crippen molar-refractivity contribution in [3.8, 4) is 0 Å². The lowest BCUT2D eigenvalue weighted by Gasteiger charge is -2.08. The fourth-order valence-corrected chi connectivity index (χ4v) is 1.39. The van der Waals surface area contributed by atoms with Gasteiger partial charge in [0.25, 0.3) is 0 Å². The number of epoxide rings is 1. The van der Waals surface area contributed by atoms with Crippen LogP contribution in [0, 0.1) is 0 Å². The molecule has 1 rings (SSSR count). The van der Waals surface area contributed by atoms with Gasteiger partial charge in [-0.1, -0.05) is 12.8 Å². The zero-order chi connectivity index (χ0) is 8.10. The van der Waals surface area contributed by atoms with Crippen LogP contribution in [0.15, 0.2) is 0 Å². The van der Waals surface area contributed by atoms with E-state index in [1.54, 1.807) is 0 Å². The highest BCUT2D eigenvalue weighted by Crippen LogP contribution is 2.17. The molecule has 3 heteroatoms. The summed E-state index contributed by atoms with van der Waals surface area (Å²) in [4.78, 5) is 0. The van der Waals surface area contributed by atoms with Gasteiger partial charge in [-0.2, -0.15) is 0 Å². The highest BCUT2D eigenvalue weighted by atomic mass is 28.2. The Hall–Kier alpha value is 0.137. The first-order valence-electron chi connectivity index (χ1n) is 4.47. The molecule has 66 valence electrons. The van der Waals surface area contributed by atoms with Crippen molar-refractivity contribution >= 4 is 10.5 Å². The third-order valence-corrected chi connectivity index (χ3v) is 3.00. The van der Waals surface area contributed by atoms with Crippen molar-refractivity contribution in [3.05, 3.63) is 0 Å². The Bertz CT molecular complexity index is 104. The predicted octanol–water partition coefficient (Wildman–Crippen LogP) is 0.631. The molecular formula is C8H18O2Si. The van der Waals surface area contributed by atoms with Crippen LogP contribution in [0.25, 0.3) is 0 Å². The quantitative estimate of drug-likeness (QED) is 0.335. The Balaban J connectivity index is 1.79. The van der Waals surface area contributed by atoms with Crippen LogP contribution in [0.4, 0.5) is 0 Å². The fourth-order valence-electron chi connectivity index (χ4n) is 1.16. The Morgan fingerprint density at radius 2 is 2.36 bits per heavy atom. The summed E-state index contributed by atoms with van der Waals surface area (Å²) in [5.74, 6) is 0. The maximum atomic E-state index is 5.28. The van der Waals surface area contributed by atoms with Crippen molar-refractivity contribution in [3.63, 3.8) is 0 Å². The maximum Gasteiger partial charge on any atom is 0.146 e. The first-order valence-corrected chi connectivity index (χ1v) is 5.29. The van der Waals surface area contributed by atoms with Gasteiger partial charge < -0.3 is 9.16 Å². The highest BCUT2D eigenvalue weighted by Gasteiger charge is 2.20. The Kier molecular flexibility index (Phi) is 4.11. The molecule has 2 atom stereocenters. The molecule has 0 aliphatic carbocycles. The van der Waals surface area contributed by atoms with E-state index in [0.29, 0.717) is 12.2 Å². The minimum Gasteiger partial charge on any atom is -0.425 e. The van der Waals surface area contributed by atoms with Crippen molar-refractivity contribution in [1.29, 1.82) is 0 Å². The van der Waals surface area contributed by atoms with E-state index in [1.807, 2.05) is 0 Å². The summed E-state index contributed by atoms with van der Waals surface area (Å²) in [7, 11) is 0.875. The monoisotopic (exact) mass is 174 g/mol. The van der Waals surface area contributed by atoms with Gasteiger partial charge in [-0.25, -0.2) is 0 Å². The molecule has 0 aromatic rings. The van der Waals surface area contributed by atoms with Gasteiger partial charge in [0.15, 0.2) is 0 Å². The van der Waals surface area contributed by atoms with Crippen LogP contribution < -0.4 is 0 Å². The molecule has 0 aromatic heterocycles. The van der Waals surface area contributed by atoms with E-state index < -0.39 is 0 Å². The van der Waals surface area contributed by atoms with E-state index >= 15 is 0 Å². The minimum absolute atomic E-state index is 0.488. The van der Waals surface area contributed by atoms with E-state index in [-0.39, 0.29) is 0 Å². The summed E-state index contributed by atoms with van der Waals surface area (Å²) < 4.78 is 10.4. The molecular weight excluding hydrogens is 156 g/mol. The van der Waals surface area contributed by atoms with Gasteiger partial charge in [-0.3, -0.25) is 0 Å². The third-order valence-electron chi connectivity index (χ3n) is 2.19. The second-order valence-corrected chi connectivity index (χ2v) is 3.76. The van der Waals surface area contributed by atoms with Crippen LogP contribution in [0.1, 0.15) is 32.6 Å². The van der Waals surface area contributed by atoms with E-state index in [9.17, 15) is 0 Å². The summed E-state index contributed by atoms with van der Waals surface area (Å²) >= 11 is 0. The SMILES string of the molecule is CC(CCCCC1CO1)O[SiH3]. The zero-order valence-corrected chi connectivity index (χ0v) is 9.51. The molecule has 1 heterocycles. The van der Waals surface area contributed by atoms with Crippen LogP contribution in [-0.4, -0.2) is 29.3 Å². The van der Waals surface area contributed by atoms with Gasteiger partial charge in [0.05, 0.1) is 12.7 Å². The Morgan fingerprint density at radius 1 is 1.64 bits per heavy atom. The minimum atomic E-state index is 0.488. The van der Waals surface area contributed by atoms with E-state index in [4.69, 9.17) is 9.16 Å². The normalized spacial score (nSPS) is 25.4. The molecule has 2 unspecified atom stereocenters. The number of unbranched alkanes of at least 4 members (excludes halogenated alkanes) is 1. The van der Waals surface area contributed by atoms with Crippen molar-refractivity contribution in [1.82, 2.24) is 0 Å². The second kappa shape index (κ2) is 4.90. The summed E-state index contributed by atoms with van der Waals surface area (Å²) in [6, 6.07) is 0. The number of rotatable bonds is 6. The number of ether oxygens (including phenoxy) is 1. The fraction of sp³-hybridized carbons (Fsp3) is 1.00. The molecule has 1 aliphatic rings. The smallest absolute Gasteiger partial charge is 0.146 e. The van der Waals surface area contributed by atoms with Gasteiger partial charge in [0, 0.05) is 6.10 Å². The summed E-state index contributed by atoms with van der Waals surface area (Å²) in [6.45, 7) is 3.16. The molecule has 1 aliphatic heterocycles. The summed E-state index contributed by atoms with van der Waals surface area (Å²) in [5.41, 5.74) is 0. The van der Waals surface area contributed by atoms with Crippen molar-refractivity contribution in [2.24, 2.45) is 0 Å². The molecule has 0 saturated carbocycles. The van der Waals surface area contributed by atoms with E-state index in [1.165, 1.54) is 25.7 Å². The Labute approximate surface area is 71.8 Å². The molecule has 2 nitrogen and oxygen atoms in total. The predicted molar refractivity (Wildman–Crippen MR) is 48.7 cm³/mol. The topological polar surface area (TPSA) is 21.8 Å². The molecule has 1 fully saturated rings. The van der Waals surface area contributed by atoms with Gasteiger partial charge in [-0.05, 0) is 19.8 Å². The lowest BCUT2D eigenvalue weighted by Crippen LogP contribution is -2.04. The second-order valence-electron chi connectivity index (χ2n) is 3.29. The molecule has 0 N–H and O–H groups in total. The van der Waals surface area contributed by atoms with E-state index in [2.05, 4.69) is 6.92 Å². The van der Waals surface area contributed by atoms with Gasteiger partial charge in [-0.15, -0.1) is 0 Å². The van der Waals surface area contributed by atoms with Crippen LogP contribution >= 0.6 is 0 Å². The zero-order valence-electron chi connectivity index (χ0n) is 7.51. The largest absolute Gasteiger partial charge is 0.425 e. The summed E-state index contributed by atoms with van der Waals surface area (Å²) in [6.07, 6.45) is 6.18. The number of hydrogen-bond acceptors (Lipinski definition) is 2. The van der Waals surface area contributed by atoms with Crippen molar-refractivity contribution in [2.45, 2.75) is 44.8 Å². The molecule has 0 bridgehead atoms. The molecule has 11 heavy (non-hydrogen) atoms. The average Bonchev–Trinajstić information content (AvgIpc) is 2.81. The molecule has 0 radical (unpaired) electrons. The molecule has 1 saturated heterocycles. The van der Waals surface area contributed by atoms with Crippen molar-refractivity contribution < 1.29 is 9.16 Å². The number of hydrogen-bond donors (Lipinski definition) is 0. The summed E-state index contributed by atoms with van der Waals surface area (Å²) in [5, 5.41) is 0. The maximum absolute atomic E-state index is 5.28. The Morgan fingerprint density at radius 3 is 2.91 bits per heavy atom.